The number of nitrogens with zero attached hydrogens (tertiary/aromatic N) is 1. The summed E-state index contributed by atoms with van der Waals surface area (Å²) >= 11 is 1.67. The first kappa shape index (κ1) is 22.0. The molecule has 4 nitrogen and oxygen atoms in total. The standard InChI is InChI=1S/C23H30N2O2S/c1-5-21(23(27)24-4)25(16-19-10-6-17(2)7-11-19)22(26)14-15-28-20-12-8-18(3)9-13-20/h6-13,21H,5,14-16H2,1-4H3,(H,24,27). The number of thioether (sulfide) groups is 1. The second-order valence-electron chi connectivity index (χ2n) is 6.96. The van der Waals surface area contributed by atoms with Crippen LogP contribution in [0.25, 0.3) is 0 Å². The Kier molecular flexibility index (Phi) is 8.58. The number of likely N-dealkylation sites (N-methyl/N-ethyl adjacent to an activating group) is 1. The molecule has 0 aromatic heterocycles. The normalized spacial score (nSPS) is 11.7. The Hall–Kier alpha value is -2.27. The molecule has 5 heteroatoms. The molecule has 1 atom stereocenters. The van der Waals surface area contributed by atoms with Gasteiger partial charge in [0, 0.05) is 30.7 Å². The molecule has 0 heterocycles. The molecule has 0 fully saturated rings. The topological polar surface area (TPSA) is 49.4 Å². The number of amides is 2. The van der Waals surface area contributed by atoms with Crippen LogP contribution < -0.4 is 5.32 Å². The molecule has 2 amide bonds. The third-order valence-corrected chi connectivity index (χ3v) is 5.73. The highest BCUT2D eigenvalue weighted by Gasteiger charge is 2.27. The van der Waals surface area contributed by atoms with Crippen LogP contribution in [0.1, 0.15) is 36.5 Å². The van der Waals surface area contributed by atoms with Crippen molar-refractivity contribution < 1.29 is 9.59 Å². The molecule has 0 aliphatic carbocycles. The lowest BCUT2D eigenvalue weighted by atomic mass is 10.1. The van der Waals surface area contributed by atoms with Gasteiger partial charge in [0.1, 0.15) is 6.04 Å². The lowest BCUT2D eigenvalue weighted by Crippen LogP contribution is -2.48. The fraction of sp³-hybridized carbons (Fsp3) is 0.391. The molecule has 0 aliphatic heterocycles. The molecule has 1 unspecified atom stereocenters. The Balaban J connectivity index is 2.07. The maximum absolute atomic E-state index is 13.0. The number of nitrogens with one attached hydrogen (secondary N) is 1. The van der Waals surface area contributed by atoms with Crippen LogP contribution in [0.5, 0.6) is 0 Å². The molecule has 1 N–H and O–H groups in total. The van der Waals surface area contributed by atoms with Gasteiger partial charge < -0.3 is 10.2 Å². The quantitative estimate of drug-likeness (QED) is 0.639. The summed E-state index contributed by atoms with van der Waals surface area (Å²) in [6.07, 6.45) is 0.986. The van der Waals surface area contributed by atoms with Crippen molar-refractivity contribution in [3.8, 4) is 0 Å². The molecule has 2 aromatic rings. The van der Waals surface area contributed by atoms with Crippen LogP contribution in [0, 0.1) is 13.8 Å². The summed E-state index contributed by atoms with van der Waals surface area (Å²) in [5.74, 6) is 0.584. The van der Waals surface area contributed by atoms with E-state index in [1.807, 2.05) is 38.1 Å². The van der Waals surface area contributed by atoms with Crippen molar-refractivity contribution in [3.05, 3.63) is 65.2 Å². The number of hydrogen-bond donors (Lipinski definition) is 1. The predicted molar refractivity (Wildman–Crippen MR) is 116 cm³/mol. The largest absolute Gasteiger partial charge is 0.357 e. The monoisotopic (exact) mass is 398 g/mol. The number of aryl methyl sites for hydroxylation is 2. The average molecular weight is 399 g/mol. The summed E-state index contributed by atoms with van der Waals surface area (Å²) in [5.41, 5.74) is 3.43. The highest BCUT2D eigenvalue weighted by Crippen LogP contribution is 2.21. The zero-order chi connectivity index (χ0) is 20.5. The first-order valence-electron chi connectivity index (χ1n) is 9.70. The number of carbonyl (C=O) groups is 2. The number of hydrogen-bond acceptors (Lipinski definition) is 3. The lowest BCUT2D eigenvalue weighted by Gasteiger charge is -2.30. The highest BCUT2D eigenvalue weighted by atomic mass is 32.2. The van der Waals surface area contributed by atoms with Gasteiger partial charge in [0.25, 0.3) is 0 Å². The molecule has 2 aromatic carbocycles. The lowest BCUT2D eigenvalue weighted by molar-refractivity contribution is -0.140. The van der Waals surface area contributed by atoms with Crippen molar-refractivity contribution in [1.82, 2.24) is 10.2 Å². The molecule has 0 saturated carbocycles. The van der Waals surface area contributed by atoms with Crippen LogP contribution in [0.2, 0.25) is 0 Å². The van der Waals surface area contributed by atoms with Gasteiger partial charge in [-0.05, 0) is 38.0 Å². The number of rotatable bonds is 9. The first-order chi connectivity index (χ1) is 13.4. The van der Waals surface area contributed by atoms with E-state index >= 15 is 0 Å². The smallest absolute Gasteiger partial charge is 0.242 e. The van der Waals surface area contributed by atoms with Crippen LogP contribution in [0.3, 0.4) is 0 Å². The molecule has 2 rings (SSSR count). The minimum Gasteiger partial charge on any atom is -0.357 e. The van der Waals surface area contributed by atoms with E-state index in [4.69, 9.17) is 0 Å². The van der Waals surface area contributed by atoms with Crippen molar-refractivity contribution in [2.75, 3.05) is 12.8 Å². The molecular formula is C23H30N2O2S. The summed E-state index contributed by atoms with van der Waals surface area (Å²) in [7, 11) is 1.62. The van der Waals surface area contributed by atoms with Gasteiger partial charge in [0.15, 0.2) is 0 Å². The van der Waals surface area contributed by atoms with E-state index in [-0.39, 0.29) is 11.8 Å². The fourth-order valence-corrected chi connectivity index (χ4v) is 3.85. The van der Waals surface area contributed by atoms with Crippen LogP contribution in [-0.2, 0) is 16.1 Å². The van der Waals surface area contributed by atoms with Gasteiger partial charge in [-0.15, -0.1) is 11.8 Å². The second-order valence-corrected chi connectivity index (χ2v) is 8.13. The maximum Gasteiger partial charge on any atom is 0.242 e. The summed E-state index contributed by atoms with van der Waals surface area (Å²) in [5, 5.41) is 2.70. The van der Waals surface area contributed by atoms with E-state index in [9.17, 15) is 9.59 Å². The zero-order valence-electron chi connectivity index (χ0n) is 17.2. The first-order valence-corrected chi connectivity index (χ1v) is 10.7. The Morgan fingerprint density at radius 1 is 1.00 bits per heavy atom. The molecule has 0 bridgehead atoms. The van der Waals surface area contributed by atoms with Gasteiger partial charge in [-0.25, -0.2) is 0 Å². The van der Waals surface area contributed by atoms with E-state index in [1.54, 1.807) is 23.7 Å². The molecule has 0 radical (unpaired) electrons. The van der Waals surface area contributed by atoms with Crippen LogP contribution in [0.4, 0.5) is 0 Å². The molecule has 150 valence electrons. The van der Waals surface area contributed by atoms with Crippen molar-refractivity contribution in [2.24, 2.45) is 0 Å². The third kappa shape index (κ3) is 6.41. The number of benzene rings is 2. The summed E-state index contributed by atoms with van der Waals surface area (Å²) in [6.45, 7) is 6.48. The maximum atomic E-state index is 13.0. The van der Waals surface area contributed by atoms with Crippen molar-refractivity contribution in [2.45, 2.75) is 51.1 Å². The molecule has 0 aliphatic rings. The van der Waals surface area contributed by atoms with E-state index in [0.29, 0.717) is 25.1 Å². The average Bonchev–Trinajstić information content (AvgIpc) is 2.70. The minimum absolute atomic E-state index is 0.00985. The Bertz CT molecular complexity index is 772. The second kappa shape index (κ2) is 10.9. The van der Waals surface area contributed by atoms with Gasteiger partial charge in [0.2, 0.25) is 11.8 Å². The third-order valence-electron chi connectivity index (χ3n) is 4.71. The summed E-state index contributed by atoms with van der Waals surface area (Å²) in [6, 6.07) is 16.0. The van der Waals surface area contributed by atoms with Gasteiger partial charge in [0.05, 0.1) is 0 Å². The van der Waals surface area contributed by atoms with Gasteiger partial charge in [-0.2, -0.15) is 0 Å². The van der Waals surface area contributed by atoms with Crippen LogP contribution in [-0.4, -0.2) is 35.6 Å². The van der Waals surface area contributed by atoms with E-state index < -0.39 is 6.04 Å². The predicted octanol–water partition coefficient (Wildman–Crippen LogP) is 4.34. The van der Waals surface area contributed by atoms with E-state index in [2.05, 4.69) is 36.5 Å². The van der Waals surface area contributed by atoms with Crippen molar-refractivity contribution in [1.29, 1.82) is 0 Å². The molecular weight excluding hydrogens is 368 g/mol. The summed E-state index contributed by atoms with van der Waals surface area (Å²) < 4.78 is 0. The molecule has 0 spiro atoms. The van der Waals surface area contributed by atoms with Crippen molar-refractivity contribution in [3.63, 3.8) is 0 Å². The molecule has 28 heavy (non-hydrogen) atoms. The highest BCUT2D eigenvalue weighted by molar-refractivity contribution is 7.99. The minimum atomic E-state index is -0.455. The Morgan fingerprint density at radius 2 is 1.57 bits per heavy atom. The zero-order valence-corrected chi connectivity index (χ0v) is 18.0. The van der Waals surface area contributed by atoms with Gasteiger partial charge in [-0.3, -0.25) is 9.59 Å². The Labute approximate surface area is 172 Å². The summed E-state index contributed by atoms with van der Waals surface area (Å²) in [4.78, 5) is 28.2. The van der Waals surface area contributed by atoms with Gasteiger partial charge in [-0.1, -0.05) is 54.4 Å². The van der Waals surface area contributed by atoms with Crippen LogP contribution in [0.15, 0.2) is 53.4 Å². The van der Waals surface area contributed by atoms with Gasteiger partial charge >= 0.3 is 0 Å². The SMILES string of the molecule is CCC(C(=O)NC)N(Cc1ccc(C)cc1)C(=O)CCSc1ccc(C)cc1. The van der Waals surface area contributed by atoms with E-state index in [0.717, 1.165) is 10.5 Å². The van der Waals surface area contributed by atoms with Crippen molar-refractivity contribution >= 4 is 23.6 Å². The molecule has 0 saturated heterocycles. The Morgan fingerprint density at radius 3 is 2.11 bits per heavy atom. The fourth-order valence-electron chi connectivity index (χ4n) is 3.01. The van der Waals surface area contributed by atoms with Crippen LogP contribution >= 0.6 is 11.8 Å². The van der Waals surface area contributed by atoms with E-state index in [1.165, 1.54) is 11.1 Å². The number of carbonyl (C=O) groups excluding carboxylic acids is 2.